The average Bonchev–Trinajstić information content (AvgIpc) is 3.35. The Morgan fingerprint density at radius 2 is 0.522 bits per heavy atom. The average molecular weight is 970 g/mol. The van der Waals surface area contributed by atoms with Gasteiger partial charge in [0.1, 0.15) is 13.2 Å². The van der Waals surface area contributed by atoms with Crippen LogP contribution in [0.1, 0.15) is 329 Å². The lowest BCUT2D eigenvalue weighted by atomic mass is 10.0. The fraction of sp³-hybridized carbons (Fsp3) is 0.857. The summed E-state index contributed by atoms with van der Waals surface area (Å²) < 4.78 is 16.8. The van der Waals surface area contributed by atoms with Gasteiger partial charge in [0.05, 0.1) is 0 Å². The highest BCUT2D eigenvalue weighted by atomic mass is 16.6. The van der Waals surface area contributed by atoms with Gasteiger partial charge in [0, 0.05) is 19.3 Å². The van der Waals surface area contributed by atoms with E-state index in [9.17, 15) is 14.4 Å². The molecule has 0 aromatic rings. The lowest BCUT2D eigenvalue weighted by molar-refractivity contribution is -0.167. The molecule has 0 saturated carbocycles. The number of rotatable bonds is 56. The zero-order valence-corrected chi connectivity index (χ0v) is 46.3. The number of ether oxygens (including phenoxy) is 3. The van der Waals surface area contributed by atoms with Gasteiger partial charge in [-0.25, -0.2) is 0 Å². The molecule has 0 N–H and O–H groups in total. The second kappa shape index (κ2) is 58.2. The van der Waals surface area contributed by atoms with Crippen LogP contribution in [0, 0.1) is 0 Å². The number of unbranched alkanes of at least 4 members (excludes halogenated alkanes) is 39. The summed E-state index contributed by atoms with van der Waals surface area (Å²) in [5.41, 5.74) is 0. The van der Waals surface area contributed by atoms with Crippen LogP contribution in [0.2, 0.25) is 0 Å². The molecule has 0 aliphatic rings. The van der Waals surface area contributed by atoms with Crippen LogP contribution in [0.3, 0.4) is 0 Å². The van der Waals surface area contributed by atoms with E-state index in [2.05, 4.69) is 57.2 Å². The first-order chi connectivity index (χ1) is 34.0. The van der Waals surface area contributed by atoms with Crippen molar-refractivity contribution in [3.05, 3.63) is 36.5 Å². The summed E-state index contributed by atoms with van der Waals surface area (Å²) in [4.78, 5) is 38.0. The molecule has 0 aliphatic carbocycles. The van der Waals surface area contributed by atoms with Crippen molar-refractivity contribution < 1.29 is 28.6 Å². The molecule has 69 heavy (non-hydrogen) atoms. The van der Waals surface area contributed by atoms with Crippen molar-refractivity contribution in [2.24, 2.45) is 0 Å². The summed E-state index contributed by atoms with van der Waals surface area (Å²) in [7, 11) is 0. The van der Waals surface area contributed by atoms with E-state index in [4.69, 9.17) is 14.2 Å². The Morgan fingerprint density at radius 1 is 0.290 bits per heavy atom. The van der Waals surface area contributed by atoms with Crippen LogP contribution in [-0.2, 0) is 28.6 Å². The Bertz CT molecular complexity index is 1160. The topological polar surface area (TPSA) is 78.9 Å². The normalized spacial score (nSPS) is 12.2. The number of esters is 3. The second-order valence-electron chi connectivity index (χ2n) is 20.6. The summed E-state index contributed by atoms with van der Waals surface area (Å²) >= 11 is 0. The summed E-state index contributed by atoms with van der Waals surface area (Å²) in [5.74, 6) is -0.863. The molecule has 6 heteroatoms. The molecule has 0 amide bonds. The van der Waals surface area contributed by atoms with Crippen LogP contribution in [0.5, 0.6) is 0 Å². The monoisotopic (exact) mass is 969 g/mol. The van der Waals surface area contributed by atoms with Gasteiger partial charge < -0.3 is 14.2 Å². The number of carbonyl (C=O) groups excluding carboxylic acids is 3. The maximum absolute atomic E-state index is 12.8. The molecule has 1 atom stereocenters. The van der Waals surface area contributed by atoms with Crippen LogP contribution in [0.4, 0.5) is 0 Å². The molecule has 1 unspecified atom stereocenters. The first kappa shape index (κ1) is 66.6. The zero-order chi connectivity index (χ0) is 50.0. The SMILES string of the molecule is CCCCCCC/C=C\C/C=C\CCCCCCCCCCCCCCCC(=O)OCC(COC(=O)CCCCCCCCCC)OC(=O)CCCCCCCCC/C=C\CCCCCCCCC. The zero-order valence-electron chi connectivity index (χ0n) is 46.3. The van der Waals surface area contributed by atoms with Gasteiger partial charge in [-0.05, 0) is 77.0 Å². The minimum atomic E-state index is -0.770. The van der Waals surface area contributed by atoms with E-state index in [1.165, 1.54) is 225 Å². The Kier molecular flexibility index (Phi) is 56.2. The number of hydrogen-bond donors (Lipinski definition) is 0. The van der Waals surface area contributed by atoms with E-state index in [0.29, 0.717) is 19.3 Å². The van der Waals surface area contributed by atoms with Gasteiger partial charge in [-0.15, -0.1) is 0 Å². The number of carbonyl (C=O) groups is 3. The van der Waals surface area contributed by atoms with Crippen molar-refractivity contribution in [2.45, 2.75) is 335 Å². The van der Waals surface area contributed by atoms with Crippen LogP contribution >= 0.6 is 0 Å². The molecule has 0 spiro atoms. The molecule has 0 aromatic carbocycles. The smallest absolute Gasteiger partial charge is 0.306 e. The van der Waals surface area contributed by atoms with Crippen molar-refractivity contribution >= 4 is 17.9 Å². The van der Waals surface area contributed by atoms with Crippen LogP contribution in [-0.4, -0.2) is 37.2 Å². The molecule has 404 valence electrons. The minimum Gasteiger partial charge on any atom is -0.462 e. The fourth-order valence-corrected chi connectivity index (χ4v) is 9.00. The highest BCUT2D eigenvalue weighted by molar-refractivity contribution is 5.71. The molecule has 0 fully saturated rings. The van der Waals surface area contributed by atoms with Crippen molar-refractivity contribution in [2.75, 3.05) is 13.2 Å². The van der Waals surface area contributed by atoms with Crippen molar-refractivity contribution in [1.82, 2.24) is 0 Å². The Balaban J connectivity index is 4.15. The third-order valence-electron chi connectivity index (χ3n) is 13.6. The first-order valence-electron chi connectivity index (χ1n) is 30.5. The summed E-state index contributed by atoms with van der Waals surface area (Å²) in [6.07, 6.45) is 70.2. The molecular formula is C63H116O6. The van der Waals surface area contributed by atoms with Crippen molar-refractivity contribution in [1.29, 1.82) is 0 Å². The Labute approximate surface area is 429 Å². The second-order valence-corrected chi connectivity index (χ2v) is 20.6. The van der Waals surface area contributed by atoms with Crippen LogP contribution in [0.15, 0.2) is 36.5 Å². The minimum absolute atomic E-state index is 0.0706. The number of hydrogen-bond acceptors (Lipinski definition) is 6. The molecule has 0 aliphatic heterocycles. The third-order valence-corrected chi connectivity index (χ3v) is 13.6. The van der Waals surface area contributed by atoms with E-state index in [1.807, 2.05) is 0 Å². The third kappa shape index (κ3) is 56.4. The molecule has 0 radical (unpaired) electrons. The fourth-order valence-electron chi connectivity index (χ4n) is 9.00. The highest BCUT2D eigenvalue weighted by Gasteiger charge is 2.19. The van der Waals surface area contributed by atoms with Gasteiger partial charge in [0.25, 0.3) is 0 Å². The molecule has 0 rings (SSSR count). The van der Waals surface area contributed by atoms with Crippen molar-refractivity contribution in [3.63, 3.8) is 0 Å². The Hall–Kier alpha value is -2.37. The highest BCUT2D eigenvalue weighted by Crippen LogP contribution is 2.17. The van der Waals surface area contributed by atoms with Gasteiger partial charge in [0.15, 0.2) is 6.10 Å². The van der Waals surface area contributed by atoms with E-state index < -0.39 is 6.10 Å². The van der Waals surface area contributed by atoms with E-state index in [0.717, 1.165) is 64.2 Å². The van der Waals surface area contributed by atoms with Gasteiger partial charge in [-0.3, -0.25) is 14.4 Å². The van der Waals surface area contributed by atoms with Crippen LogP contribution in [0.25, 0.3) is 0 Å². The van der Waals surface area contributed by atoms with Crippen molar-refractivity contribution in [3.8, 4) is 0 Å². The van der Waals surface area contributed by atoms with E-state index in [-0.39, 0.29) is 31.1 Å². The lowest BCUT2D eigenvalue weighted by Gasteiger charge is -2.18. The molecule has 0 saturated heterocycles. The molecular weight excluding hydrogens is 853 g/mol. The predicted molar refractivity (Wildman–Crippen MR) is 298 cm³/mol. The quantitative estimate of drug-likeness (QED) is 0.0261. The maximum atomic E-state index is 12.8. The Morgan fingerprint density at radius 3 is 0.812 bits per heavy atom. The van der Waals surface area contributed by atoms with E-state index >= 15 is 0 Å². The van der Waals surface area contributed by atoms with Gasteiger partial charge >= 0.3 is 17.9 Å². The summed E-state index contributed by atoms with van der Waals surface area (Å²) in [6, 6.07) is 0. The molecule has 6 nitrogen and oxygen atoms in total. The van der Waals surface area contributed by atoms with E-state index in [1.54, 1.807) is 0 Å². The maximum Gasteiger partial charge on any atom is 0.306 e. The van der Waals surface area contributed by atoms with Gasteiger partial charge in [0.2, 0.25) is 0 Å². The molecule has 0 bridgehead atoms. The van der Waals surface area contributed by atoms with Gasteiger partial charge in [-0.2, -0.15) is 0 Å². The summed E-state index contributed by atoms with van der Waals surface area (Å²) in [5, 5.41) is 0. The lowest BCUT2D eigenvalue weighted by Crippen LogP contribution is -2.30. The summed E-state index contributed by atoms with van der Waals surface area (Å²) in [6.45, 7) is 6.64. The predicted octanol–water partition coefficient (Wildman–Crippen LogP) is 20.4. The van der Waals surface area contributed by atoms with Gasteiger partial charge in [-0.1, -0.05) is 269 Å². The first-order valence-corrected chi connectivity index (χ1v) is 30.5. The number of allylic oxidation sites excluding steroid dienone is 6. The standard InChI is InChI=1S/C63H116O6/c1-4-7-10-13-16-19-21-23-25-27-29-30-31-32-33-34-35-37-38-40-42-44-47-50-53-56-62(65)68-59-60(58-67-61(64)55-52-49-46-18-15-12-9-6-3)69-63(66)57-54-51-48-45-43-41-39-36-28-26-24-22-20-17-14-11-8-5-2/h21,23,26-29,60H,4-20,22,24-25,30-59H2,1-3H3/b23-21-,28-26-,29-27-. The largest absolute Gasteiger partial charge is 0.462 e. The molecule has 0 aromatic heterocycles. The molecule has 0 heterocycles. The van der Waals surface area contributed by atoms with Crippen LogP contribution < -0.4 is 0 Å².